The maximum atomic E-state index is 11.9. The van der Waals surface area contributed by atoms with Gasteiger partial charge in [0.1, 0.15) is 5.54 Å². The summed E-state index contributed by atoms with van der Waals surface area (Å²) in [6.07, 6.45) is 12.2. The third-order valence-corrected chi connectivity index (χ3v) is 4.26. The van der Waals surface area contributed by atoms with E-state index in [2.05, 4.69) is 16.6 Å². The van der Waals surface area contributed by atoms with Gasteiger partial charge in [0.15, 0.2) is 0 Å². The van der Waals surface area contributed by atoms with E-state index in [0.717, 1.165) is 25.7 Å². The van der Waals surface area contributed by atoms with E-state index >= 15 is 0 Å². The highest BCUT2D eigenvalue weighted by Crippen LogP contribution is 2.23. The molecule has 4 heteroatoms. The van der Waals surface area contributed by atoms with Crippen LogP contribution in [0.2, 0.25) is 0 Å². The maximum Gasteiger partial charge on any atom is 0.240 e. The summed E-state index contributed by atoms with van der Waals surface area (Å²) in [6.45, 7) is 3.91. The predicted octanol–water partition coefficient (Wildman–Crippen LogP) is 1.99. The monoisotopic (exact) mass is 278 g/mol. The average molecular weight is 278 g/mol. The van der Waals surface area contributed by atoms with Crippen LogP contribution in [0.25, 0.3) is 0 Å². The molecule has 0 heterocycles. The summed E-state index contributed by atoms with van der Waals surface area (Å²) in [5.41, 5.74) is -0.591. The number of carbonyl (C=O) groups excluding carboxylic acids is 2. The first-order valence-corrected chi connectivity index (χ1v) is 7.63. The second-order valence-electron chi connectivity index (χ2n) is 5.53. The van der Waals surface area contributed by atoms with E-state index in [0.29, 0.717) is 12.8 Å². The van der Waals surface area contributed by atoms with Crippen LogP contribution in [0.5, 0.6) is 0 Å². The van der Waals surface area contributed by atoms with Gasteiger partial charge < -0.3 is 10.6 Å². The van der Waals surface area contributed by atoms with Crippen molar-refractivity contribution in [2.45, 2.75) is 64.3 Å². The van der Waals surface area contributed by atoms with Gasteiger partial charge in [-0.2, -0.15) is 0 Å². The molecule has 1 rings (SSSR count). The predicted molar refractivity (Wildman–Crippen MR) is 79.9 cm³/mol. The molecule has 1 aliphatic carbocycles. The van der Waals surface area contributed by atoms with Gasteiger partial charge in [-0.05, 0) is 25.7 Å². The number of carbonyl (C=O) groups is 2. The summed E-state index contributed by atoms with van der Waals surface area (Å²) >= 11 is 0. The molecule has 0 aromatic rings. The van der Waals surface area contributed by atoms with Crippen LogP contribution in [0.4, 0.5) is 0 Å². The molecule has 112 valence electrons. The molecule has 1 saturated carbocycles. The van der Waals surface area contributed by atoms with Gasteiger partial charge in [0.2, 0.25) is 11.8 Å². The molecule has 4 nitrogen and oxygen atoms in total. The third kappa shape index (κ3) is 4.56. The van der Waals surface area contributed by atoms with Gasteiger partial charge in [-0.15, -0.1) is 6.42 Å². The summed E-state index contributed by atoms with van der Waals surface area (Å²) in [6, 6.07) is 0. The quantitative estimate of drug-likeness (QED) is 0.730. The van der Waals surface area contributed by atoms with Gasteiger partial charge in [-0.25, -0.2) is 0 Å². The van der Waals surface area contributed by atoms with Crippen LogP contribution in [0, 0.1) is 18.3 Å². The SMILES string of the molecule is C#CC(CC)(CC)NC(=O)CNC(=O)C1CCCCC1. The van der Waals surface area contributed by atoms with Crippen molar-refractivity contribution in [1.82, 2.24) is 10.6 Å². The Hall–Kier alpha value is -1.50. The van der Waals surface area contributed by atoms with E-state index in [9.17, 15) is 9.59 Å². The number of rotatable bonds is 6. The number of terminal acetylenes is 1. The summed E-state index contributed by atoms with van der Waals surface area (Å²) in [5, 5.41) is 5.58. The summed E-state index contributed by atoms with van der Waals surface area (Å²) in [7, 11) is 0. The molecule has 0 aliphatic heterocycles. The molecule has 1 fully saturated rings. The lowest BCUT2D eigenvalue weighted by Crippen LogP contribution is -2.50. The summed E-state index contributed by atoms with van der Waals surface area (Å²) < 4.78 is 0. The molecule has 1 aliphatic rings. The van der Waals surface area contributed by atoms with E-state index in [1.54, 1.807) is 0 Å². The Morgan fingerprint density at radius 3 is 2.30 bits per heavy atom. The fourth-order valence-corrected chi connectivity index (χ4v) is 2.65. The Balaban J connectivity index is 2.39. The Bertz CT molecular complexity index is 374. The van der Waals surface area contributed by atoms with E-state index in [1.165, 1.54) is 6.42 Å². The number of amides is 2. The molecule has 0 aromatic carbocycles. The highest BCUT2D eigenvalue weighted by atomic mass is 16.2. The Morgan fingerprint density at radius 1 is 1.20 bits per heavy atom. The molecule has 0 saturated heterocycles. The molecule has 20 heavy (non-hydrogen) atoms. The van der Waals surface area contributed by atoms with Crippen molar-refractivity contribution < 1.29 is 9.59 Å². The van der Waals surface area contributed by atoms with Crippen LogP contribution >= 0.6 is 0 Å². The Labute approximate surface area is 122 Å². The number of hydrogen-bond acceptors (Lipinski definition) is 2. The maximum absolute atomic E-state index is 11.9. The first kappa shape index (κ1) is 16.6. The van der Waals surface area contributed by atoms with Crippen LogP contribution < -0.4 is 10.6 Å². The van der Waals surface area contributed by atoms with E-state index in [-0.39, 0.29) is 24.3 Å². The van der Waals surface area contributed by atoms with Crippen molar-refractivity contribution in [3.8, 4) is 12.3 Å². The number of nitrogens with one attached hydrogen (secondary N) is 2. The van der Waals surface area contributed by atoms with Gasteiger partial charge >= 0.3 is 0 Å². The second kappa shape index (κ2) is 7.94. The van der Waals surface area contributed by atoms with Gasteiger partial charge in [0, 0.05) is 5.92 Å². The Kier molecular flexibility index (Phi) is 6.57. The van der Waals surface area contributed by atoms with Crippen LogP contribution in [0.15, 0.2) is 0 Å². The van der Waals surface area contributed by atoms with Crippen molar-refractivity contribution in [2.75, 3.05) is 6.54 Å². The minimum absolute atomic E-state index is 0.000783. The van der Waals surface area contributed by atoms with E-state index in [4.69, 9.17) is 6.42 Å². The number of hydrogen-bond donors (Lipinski definition) is 2. The van der Waals surface area contributed by atoms with Crippen LogP contribution in [-0.4, -0.2) is 23.9 Å². The van der Waals surface area contributed by atoms with Crippen molar-refractivity contribution in [2.24, 2.45) is 5.92 Å². The van der Waals surface area contributed by atoms with Crippen LogP contribution in [-0.2, 0) is 9.59 Å². The fraction of sp³-hybridized carbons (Fsp3) is 0.750. The normalized spacial score (nSPS) is 16.2. The average Bonchev–Trinajstić information content (AvgIpc) is 2.51. The minimum atomic E-state index is -0.591. The highest BCUT2D eigenvalue weighted by molar-refractivity contribution is 5.86. The van der Waals surface area contributed by atoms with Gasteiger partial charge in [0.05, 0.1) is 6.54 Å². The fourth-order valence-electron chi connectivity index (χ4n) is 2.65. The van der Waals surface area contributed by atoms with Crippen molar-refractivity contribution in [3.63, 3.8) is 0 Å². The summed E-state index contributed by atoms with van der Waals surface area (Å²) in [4.78, 5) is 23.8. The van der Waals surface area contributed by atoms with Crippen LogP contribution in [0.1, 0.15) is 58.8 Å². The van der Waals surface area contributed by atoms with Crippen molar-refractivity contribution in [1.29, 1.82) is 0 Å². The molecule has 2 amide bonds. The van der Waals surface area contributed by atoms with Crippen molar-refractivity contribution in [3.05, 3.63) is 0 Å². The first-order chi connectivity index (χ1) is 9.56. The molecule has 0 spiro atoms. The van der Waals surface area contributed by atoms with E-state index < -0.39 is 5.54 Å². The van der Waals surface area contributed by atoms with Gasteiger partial charge in [-0.1, -0.05) is 39.0 Å². The molecule has 0 atom stereocenters. The second-order valence-corrected chi connectivity index (χ2v) is 5.53. The van der Waals surface area contributed by atoms with E-state index in [1.807, 2.05) is 13.8 Å². The highest BCUT2D eigenvalue weighted by Gasteiger charge is 2.26. The first-order valence-electron chi connectivity index (χ1n) is 7.63. The van der Waals surface area contributed by atoms with Crippen LogP contribution in [0.3, 0.4) is 0 Å². The lowest BCUT2D eigenvalue weighted by Gasteiger charge is -2.27. The topological polar surface area (TPSA) is 58.2 Å². The lowest BCUT2D eigenvalue weighted by molar-refractivity contribution is -0.129. The van der Waals surface area contributed by atoms with Gasteiger partial charge in [0.25, 0.3) is 0 Å². The van der Waals surface area contributed by atoms with Crippen molar-refractivity contribution >= 4 is 11.8 Å². The Morgan fingerprint density at radius 2 is 1.80 bits per heavy atom. The zero-order chi connectivity index (χ0) is 15.0. The molecule has 0 bridgehead atoms. The smallest absolute Gasteiger partial charge is 0.240 e. The molecular formula is C16H26N2O2. The summed E-state index contributed by atoms with van der Waals surface area (Å²) in [5.74, 6) is 2.51. The standard InChI is InChI=1S/C16H26N2O2/c1-4-16(5-2,6-3)18-14(19)12-17-15(20)13-10-8-7-9-11-13/h1,13H,5-12H2,2-3H3,(H,17,20)(H,18,19). The molecule has 0 radical (unpaired) electrons. The lowest BCUT2D eigenvalue weighted by atomic mass is 9.89. The molecule has 2 N–H and O–H groups in total. The zero-order valence-electron chi connectivity index (χ0n) is 12.6. The molecular weight excluding hydrogens is 252 g/mol. The third-order valence-electron chi connectivity index (χ3n) is 4.26. The molecule has 0 unspecified atom stereocenters. The minimum Gasteiger partial charge on any atom is -0.347 e. The zero-order valence-corrected chi connectivity index (χ0v) is 12.6. The molecule has 0 aromatic heterocycles. The largest absolute Gasteiger partial charge is 0.347 e. The van der Waals surface area contributed by atoms with Gasteiger partial charge in [-0.3, -0.25) is 9.59 Å².